The van der Waals surface area contributed by atoms with Crippen LogP contribution in [0.3, 0.4) is 0 Å². The van der Waals surface area contributed by atoms with Crippen LogP contribution in [0.1, 0.15) is 46.0 Å². The zero-order valence-electron chi connectivity index (χ0n) is 9.68. The summed E-state index contributed by atoms with van der Waals surface area (Å²) in [5.41, 5.74) is 0.647. The summed E-state index contributed by atoms with van der Waals surface area (Å²) in [6.07, 6.45) is 6.51. The summed E-state index contributed by atoms with van der Waals surface area (Å²) < 4.78 is 0. The van der Waals surface area contributed by atoms with Crippen molar-refractivity contribution >= 4 is 0 Å². The van der Waals surface area contributed by atoms with Crippen LogP contribution in [0.4, 0.5) is 0 Å². The predicted molar refractivity (Wildman–Crippen MR) is 60.3 cm³/mol. The molecular formula is C12H25NO. The molecule has 1 unspecified atom stereocenters. The summed E-state index contributed by atoms with van der Waals surface area (Å²) in [5, 5.41) is 12.3. The summed E-state index contributed by atoms with van der Waals surface area (Å²) in [5.74, 6) is 0.838. The van der Waals surface area contributed by atoms with Crippen LogP contribution < -0.4 is 5.32 Å². The highest BCUT2D eigenvalue weighted by Gasteiger charge is 2.45. The normalized spacial score (nSPS) is 28.9. The molecule has 0 radical (unpaired) electrons. The number of piperidine rings is 1. The van der Waals surface area contributed by atoms with E-state index in [2.05, 4.69) is 5.32 Å². The van der Waals surface area contributed by atoms with Gasteiger partial charge in [-0.25, -0.2) is 0 Å². The third-order valence-corrected chi connectivity index (χ3v) is 3.93. The zero-order chi connectivity index (χ0) is 10.4. The van der Waals surface area contributed by atoms with Crippen LogP contribution in [0.25, 0.3) is 0 Å². The number of hydrogen-bond acceptors (Lipinski definition) is 2. The average molecular weight is 199 g/mol. The maximum atomic E-state index is 8.90. The molecule has 1 atom stereocenters. The Kier molecular flexibility index (Phi) is 4.90. The molecule has 2 heteroatoms. The fourth-order valence-corrected chi connectivity index (χ4v) is 2.95. The molecule has 2 rings (SSSR count). The molecule has 0 bridgehead atoms. The molecule has 1 heterocycles. The fourth-order valence-electron chi connectivity index (χ4n) is 2.95. The van der Waals surface area contributed by atoms with Crippen LogP contribution in [0.15, 0.2) is 0 Å². The van der Waals surface area contributed by atoms with E-state index in [1.54, 1.807) is 0 Å². The highest BCUT2D eigenvalue weighted by Crippen LogP contribution is 2.53. The van der Waals surface area contributed by atoms with E-state index >= 15 is 0 Å². The van der Waals surface area contributed by atoms with Crippen molar-refractivity contribution in [3.8, 4) is 0 Å². The largest absolute Gasteiger partial charge is 0.396 e. The van der Waals surface area contributed by atoms with Crippen molar-refractivity contribution in [1.29, 1.82) is 0 Å². The Balaban J connectivity index is 0.000000461. The van der Waals surface area contributed by atoms with Gasteiger partial charge in [-0.2, -0.15) is 0 Å². The maximum Gasteiger partial charge on any atom is 0.0433 e. The lowest BCUT2D eigenvalue weighted by Crippen LogP contribution is -2.48. The van der Waals surface area contributed by atoms with Gasteiger partial charge in [0, 0.05) is 6.61 Å². The Morgan fingerprint density at radius 2 is 1.86 bits per heavy atom. The Morgan fingerprint density at radius 3 is 2.29 bits per heavy atom. The molecular weight excluding hydrogens is 174 g/mol. The van der Waals surface area contributed by atoms with Gasteiger partial charge in [-0.1, -0.05) is 13.8 Å². The molecule has 2 N–H and O–H groups in total. The van der Waals surface area contributed by atoms with Gasteiger partial charge in [0.15, 0.2) is 0 Å². The quantitative estimate of drug-likeness (QED) is 0.714. The van der Waals surface area contributed by atoms with E-state index in [4.69, 9.17) is 5.11 Å². The highest BCUT2D eigenvalue weighted by molar-refractivity contribution is 4.97. The Hall–Kier alpha value is -0.0800. The third kappa shape index (κ3) is 2.29. The van der Waals surface area contributed by atoms with Crippen molar-refractivity contribution in [2.75, 3.05) is 19.7 Å². The molecule has 0 aromatic rings. The predicted octanol–water partition coefficient (Wildman–Crippen LogP) is 2.17. The molecule has 1 aliphatic heterocycles. The third-order valence-electron chi connectivity index (χ3n) is 3.93. The monoisotopic (exact) mass is 199 g/mol. The molecule has 0 amide bonds. The lowest BCUT2D eigenvalue weighted by Gasteiger charge is -2.52. The molecule has 1 aliphatic carbocycles. The van der Waals surface area contributed by atoms with E-state index in [9.17, 15) is 0 Å². The minimum absolute atomic E-state index is 0.389. The summed E-state index contributed by atoms with van der Waals surface area (Å²) in [4.78, 5) is 0. The molecule has 0 aromatic heterocycles. The first-order valence-electron chi connectivity index (χ1n) is 6.19. The van der Waals surface area contributed by atoms with Crippen LogP contribution in [-0.4, -0.2) is 24.8 Å². The average Bonchev–Trinajstić information content (AvgIpc) is 2.28. The maximum absolute atomic E-state index is 8.90. The number of nitrogens with one attached hydrogen (secondary N) is 1. The molecule has 2 nitrogen and oxygen atoms in total. The first-order valence-corrected chi connectivity index (χ1v) is 6.19. The summed E-state index contributed by atoms with van der Waals surface area (Å²) in [6.45, 7) is 6.78. The van der Waals surface area contributed by atoms with Gasteiger partial charge in [-0.05, 0) is 56.5 Å². The van der Waals surface area contributed by atoms with E-state index in [0.717, 1.165) is 12.3 Å². The fraction of sp³-hybridized carbons (Fsp3) is 1.00. The van der Waals surface area contributed by atoms with Crippen LogP contribution in [0.5, 0.6) is 0 Å². The minimum Gasteiger partial charge on any atom is -0.396 e. The van der Waals surface area contributed by atoms with Gasteiger partial charge in [0.2, 0.25) is 0 Å². The topological polar surface area (TPSA) is 32.3 Å². The van der Waals surface area contributed by atoms with E-state index in [1.807, 2.05) is 13.8 Å². The molecule has 2 aliphatic rings. The van der Waals surface area contributed by atoms with Gasteiger partial charge in [0.25, 0.3) is 0 Å². The van der Waals surface area contributed by atoms with Crippen molar-refractivity contribution in [1.82, 2.24) is 5.32 Å². The van der Waals surface area contributed by atoms with E-state index in [-0.39, 0.29) is 0 Å². The summed E-state index contributed by atoms with van der Waals surface area (Å²) in [7, 11) is 0. The highest BCUT2D eigenvalue weighted by atomic mass is 16.3. The molecule has 14 heavy (non-hydrogen) atoms. The van der Waals surface area contributed by atoms with Gasteiger partial charge < -0.3 is 10.4 Å². The van der Waals surface area contributed by atoms with Gasteiger partial charge in [-0.3, -0.25) is 0 Å². The van der Waals surface area contributed by atoms with E-state index in [0.29, 0.717) is 12.0 Å². The standard InChI is InChI=1S/C10H19NO.C2H6/c12-8-2-9-1-3-10(9)4-6-11-7-5-10;1-2/h9,11-12H,1-8H2;1-2H3. The van der Waals surface area contributed by atoms with Gasteiger partial charge in [0.05, 0.1) is 0 Å². The molecule has 1 saturated carbocycles. The summed E-state index contributed by atoms with van der Waals surface area (Å²) >= 11 is 0. The molecule has 1 saturated heterocycles. The lowest BCUT2D eigenvalue weighted by molar-refractivity contribution is -0.0163. The first kappa shape index (κ1) is 12.0. The Bertz CT molecular complexity index is 152. The van der Waals surface area contributed by atoms with Crippen LogP contribution >= 0.6 is 0 Å². The second-order valence-corrected chi connectivity index (χ2v) is 4.36. The smallest absolute Gasteiger partial charge is 0.0433 e. The number of aliphatic hydroxyl groups excluding tert-OH is 1. The Labute approximate surface area is 88.1 Å². The molecule has 2 fully saturated rings. The van der Waals surface area contributed by atoms with Crippen molar-refractivity contribution in [2.45, 2.75) is 46.0 Å². The van der Waals surface area contributed by atoms with Gasteiger partial charge in [0.1, 0.15) is 0 Å². The van der Waals surface area contributed by atoms with Crippen molar-refractivity contribution < 1.29 is 5.11 Å². The number of rotatable bonds is 2. The SMILES string of the molecule is CC.OCCC1CCC12CCNCC2. The van der Waals surface area contributed by atoms with Crippen molar-refractivity contribution in [3.63, 3.8) is 0 Å². The van der Waals surface area contributed by atoms with Crippen LogP contribution in [0, 0.1) is 11.3 Å². The summed E-state index contributed by atoms with van der Waals surface area (Å²) in [6, 6.07) is 0. The zero-order valence-corrected chi connectivity index (χ0v) is 9.68. The van der Waals surface area contributed by atoms with E-state index in [1.165, 1.54) is 38.8 Å². The number of aliphatic hydroxyl groups is 1. The van der Waals surface area contributed by atoms with Gasteiger partial charge in [-0.15, -0.1) is 0 Å². The van der Waals surface area contributed by atoms with Crippen molar-refractivity contribution in [2.24, 2.45) is 11.3 Å². The first-order chi connectivity index (χ1) is 6.87. The lowest BCUT2D eigenvalue weighted by atomic mass is 9.55. The second kappa shape index (κ2) is 5.72. The molecule has 84 valence electrons. The number of hydrogen-bond donors (Lipinski definition) is 2. The van der Waals surface area contributed by atoms with Crippen LogP contribution in [-0.2, 0) is 0 Å². The second-order valence-electron chi connectivity index (χ2n) is 4.36. The van der Waals surface area contributed by atoms with E-state index < -0.39 is 0 Å². The molecule has 0 aromatic carbocycles. The Morgan fingerprint density at radius 1 is 1.21 bits per heavy atom. The molecule has 1 spiro atoms. The van der Waals surface area contributed by atoms with Crippen molar-refractivity contribution in [3.05, 3.63) is 0 Å². The minimum atomic E-state index is 0.389. The van der Waals surface area contributed by atoms with Crippen LogP contribution in [0.2, 0.25) is 0 Å². The van der Waals surface area contributed by atoms with Gasteiger partial charge >= 0.3 is 0 Å².